The maximum Gasteiger partial charge on any atom is 0.0994 e. The number of nitrogens with zero attached hydrogens (tertiary/aromatic N) is 2. The van der Waals surface area contributed by atoms with Gasteiger partial charge in [-0.25, -0.2) is 4.98 Å². The maximum atomic E-state index is 8.40. The van der Waals surface area contributed by atoms with Crippen LogP contribution in [0.4, 0.5) is 0 Å². The molecule has 0 bridgehead atoms. The summed E-state index contributed by atoms with van der Waals surface area (Å²) in [5, 5.41) is 12.4. The minimum atomic E-state index is 0.157. The van der Waals surface area contributed by atoms with Crippen molar-refractivity contribution < 1.29 is 5.21 Å². The van der Waals surface area contributed by atoms with E-state index >= 15 is 0 Å². The van der Waals surface area contributed by atoms with Crippen molar-refractivity contribution in [3.8, 4) is 0 Å². The first-order valence-electron chi connectivity index (χ1n) is 4.75. The van der Waals surface area contributed by atoms with Crippen molar-refractivity contribution in [2.24, 2.45) is 5.16 Å². The van der Waals surface area contributed by atoms with Gasteiger partial charge in [-0.2, -0.15) is 0 Å². The number of oxime groups is 1. The monoisotopic (exact) mass is 224 g/mol. The molecular formula is C11H16N2OS. The highest BCUT2D eigenvalue weighted by Crippen LogP contribution is 2.32. The lowest BCUT2D eigenvalue weighted by Crippen LogP contribution is -2.08. The Kier molecular flexibility index (Phi) is 3.74. The van der Waals surface area contributed by atoms with Crippen LogP contribution in [0.15, 0.2) is 22.4 Å². The van der Waals surface area contributed by atoms with Crippen LogP contribution in [0.1, 0.15) is 31.9 Å². The second-order valence-electron chi connectivity index (χ2n) is 4.35. The third-order valence-corrected chi connectivity index (χ3v) is 2.89. The van der Waals surface area contributed by atoms with Gasteiger partial charge >= 0.3 is 0 Å². The Morgan fingerprint density at radius 2 is 2.13 bits per heavy atom. The van der Waals surface area contributed by atoms with Crippen LogP contribution in [0.5, 0.6) is 0 Å². The Labute approximate surface area is 94.6 Å². The molecule has 0 atom stereocenters. The average Bonchev–Trinajstić information content (AvgIpc) is 2.08. The molecule has 0 amide bonds. The fourth-order valence-corrected chi connectivity index (χ4v) is 2.02. The average molecular weight is 224 g/mol. The number of thioether (sulfide) groups is 1. The van der Waals surface area contributed by atoms with E-state index < -0.39 is 0 Å². The topological polar surface area (TPSA) is 45.5 Å². The molecule has 4 heteroatoms. The molecule has 0 saturated carbocycles. The number of hydrogen-bond donors (Lipinski definition) is 1. The van der Waals surface area contributed by atoms with Crippen LogP contribution >= 0.6 is 11.8 Å². The van der Waals surface area contributed by atoms with Crippen LogP contribution in [-0.2, 0) is 0 Å². The van der Waals surface area contributed by atoms with Crippen molar-refractivity contribution >= 4 is 18.0 Å². The van der Waals surface area contributed by atoms with E-state index in [-0.39, 0.29) is 4.75 Å². The number of rotatable bonds is 2. The second kappa shape index (κ2) is 4.66. The van der Waals surface area contributed by atoms with Crippen LogP contribution in [0.3, 0.4) is 0 Å². The van der Waals surface area contributed by atoms with E-state index in [1.807, 2.05) is 13.0 Å². The minimum Gasteiger partial charge on any atom is -0.411 e. The van der Waals surface area contributed by atoms with Crippen LogP contribution < -0.4 is 0 Å². The van der Waals surface area contributed by atoms with E-state index in [1.54, 1.807) is 18.0 Å². The zero-order valence-corrected chi connectivity index (χ0v) is 10.3. The molecule has 0 aliphatic carbocycles. The first-order valence-corrected chi connectivity index (χ1v) is 5.57. The second-order valence-corrected chi connectivity index (χ2v) is 6.17. The van der Waals surface area contributed by atoms with Gasteiger partial charge in [0.2, 0.25) is 0 Å². The lowest BCUT2D eigenvalue weighted by Gasteiger charge is -2.18. The van der Waals surface area contributed by atoms with Gasteiger partial charge in [0.15, 0.2) is 0 Å². The van der Waals surface area contributed by atoms with Gasteiger partial charge in [-0.3, -0.25) is 0 Å². The summed E-state index contributed by atoms with van der Waals surface area (Å²) < 4.78 is 0.157. The highest BCUT2D eigenvalue weighted by atomic mass is 32.2. The molecule has 1 heterocycles. The summed E-state index contributed by atoms with van der Waals surface area (Å²) in [6.07, 6.45) is 3.09. The van der Waals surface area contributed by atoms with Crippen molar-refractivity contribution in [2.45, 2.75) is 37.5 Å². The Bertz CT molecular complexity index is 369. The van der Waals surface area contributed by atoms with Crippen molar-refractivity contribution in [3.05, 3.63) is 23.4 Å². The molecular weight excluding hydrogens is 208 g/mol. The van der Waals surface area contributed by atoms with Crippen molar-refractivity contribution in [2.75, 3.05) is 0 Å². The maximum absolute atomic E-state index is 8.40. The predicted molar refractivity (Wildman–Crippen MR) is 64.0 cm³/mol. The summed E-state index contributed by atoms with van der Waals surface area (Å²) in [6.45, 7) is 8.47. The van der Waals surface area contributed by atoms with E-state index in [9.17, 15) is 0 Å². The van der Waals surface area contributed by atoms with Gasteiger partial charge in [-0.05, 0) is 18.6 Å². The third-order valence-electron chi connectivity index (χ3n) is 1.66. The number of aryl methyl sites for hydroxylation is 1. The number of aromatic nitrogens is 1. The highest BCUT2D eigenvalue weighted by Gasteiger charge is 2.14. The molecule has 1 rings (SSSR count). The highest BCUT2D eigenvalue weighted by molar-refractivity contribution is 8.00. The quantitative estimate of drug-likeness (QED) is 0.363. The van der Waals surface area contributed by atoms with Gasteiger partial charge in [0.1, 0.15) is 0 Å². The summed E-state index contributed by atoms with van der Waals surface area (Å²) in [5.74, 6) is 0. The molecule has 0 aliphatic rings. The van der Waals surface area contributed by atoms with E-state index in [1.165, 1.54) is 6.21 Å². The van der Waals surface area contributed by atoms with Crippen molar-refractivity contribution in [3.63, 3.8) is 0 Å². The molecule has 3 nitrogen and oxygen atoms in total. The third kappa shape index (κ3) is 3.91. The Morgan fingerprint density at radius 3 is 2.60 bits per heavy atom. The van der Waals surface area contributed by atoms with Gasteiger partial charge in [-0.15, -0.1) is 11.8 Å². The first-order chi connectivity index (χ1) is 6.92. The SMILES string of the molecule is Cc1cc(/C=N\O)cnc1SC(C)(C)C. The van der Waals surface area contributed by atoms with E-state index in [4.69, 9.17) is 5.21 Å². The fraction of sp³-hybridized carbons (Fsp3) is 0.455. The summed E-state index contributed by atoms with van der Waals surface area (Å²) in [4.78, 5) is 4.34. The molecule has 0 aromatic carbocycles. The Morgan fingerprint density at radius 1 is 1.47 bits per heavy atom. The molecule has 0 aliphatic heterocycles. The van der Waals surface area contributed by atoms with Crippen LogP contribution in [0.25, 0.3) is 0 Å². The molecule has 0 spiro atoms. The largest absolute Gasteiger partial charge is 0.411 e. The van der Waals surface area contributed by atoms with Gasteiger partial charge in [0, 0.05) is 16.5 Å². The van der Waals surface area contributed by atoms with Gasteiger partial charge < -0.3 is 5.21 Å². The number of hydrogen-bond acceptors (Lipinski definition) is 4. The van der Waals surface area contributed by atoms with E-state index in [2.05, 4.69) is 30.9 Å². The zero-order chi connectivity index (χ0) is 11.5. The molecule has 0 fully saturated rings. The molecule has 1 aromatic heterocycles. The number of pyridine rings is 1. The summed E-state index contributed by atoms with van der Waals surface area (Å²) >= 11 is 1.74. The Hall–Kier alpha value is -1.03. The predicted octanol–water partition coefficient (Wildman–Crippen LogP) is 3.09. The zero-order valence-electron chi connectivity index (χ0n) is 9.48. The molecule has 15 heavy (non-hydrogen) atoms. The lowest BCUT2D eigenvalue weighted by atomic mass is 10.2. The van der Waals surface area contributed by atoms with Crippen molar-refractivity contribution in [1.29, 1.82) is 0 Å². The summed E-state index contributed by atoms with van der Waals surface area (Å²) in [6, 6.07) is 1.96. The van der Waals surface area contributed by atoms with Crippen LogP contribution in [-0.4, -0.2) is 21.2 Å². The van der Waals surface area contributed by atoms with Crippen LogP contribution in [0, 0.1) is 6.92 Å². The lowest BCUT2D eigenvalue weighted by molar-refractivity contribution is 0.322. The molecule has 1 aromatic rings. The Balaban J connectivity index is 2.93. The van der Waals surface area contributed by atoms with Gasteiger partial charge in [0.05, 0.1) is 11.2 Å². The van der Waals surface area contributed by atoms with E-state index in [0.29, 0.717) is 0 Å². The summed E-state index contributed by atoms with van der Waals surface area (Å²) in [7, 11) is 0. The van der Waals surface area contributed by atoms with E-state index in [0.717, 1.165) is 16.2 Å². The molecule has 1 N–H and O–H groups in total. The molecule has 0 radical (unpaired) electrons. The normalized spacial score (nSPS) is 12.3. The standard InChI is InChI=1S/C11H16N2OS/c1-8-5-9(7-13-14)6-12-10(8)15-11(2,3)4/h5-7,14H,1-4H3/b13-7-. The smallest absolute Gasteiger partial charge is 0.0994 e. The fourth-order valence-electron chi connectivity index (χ4n) is 1.12. The van der Waals surface area contributed by atoms with Gasteiger partial charge in [-0.1, -0.05) is 25.9 Å². The first kappa shape index (κ1) is 12.0. The van der Waals surface area contributed by atoms with Crippen LogP contribution in [0.2, 0.25) is 0 Å². The molecule has 0 unspecified atom stereocenters. The minimum absolute atomic E-state index is 0.157. The molecule has 0 saturated heterocycles. The molecule has 82 valence electrons. The summed E-state index contributed by atoms with van der Waals surface area (Å²) in [5.41, 5.74) is 1.92. The van der Waals surface area contributed by atoms with Crippen molar-refractivity contribution in [1.82, 2.24) is 4.98 Å². The van der Waals surface area contributed by atoms with Gasteiger partial charge in [0.25, 0.3) is 0 Å².